The highest BCUT2D eigenvalue weighted by Gasteiger charge is 2.41. The number of carbonyl (C=O) groups excluding carboxylic acids is 1. The van der Waals surface area contributed by atoms with Gasteiger partial charge in [0.2, 0.25) is 11.1 Å². The lowest BCUT2D eigenvalue weighted by molar-refractivity contribution is -0.118. The number of fused-ring (bicyclic) bond motifs is 1. The number of allylic oxidation sites excluding steroid dienone is 2. The summed E-state index contributed by atoms with van der Waals surface area (Å²) in [6, 6.07) is 8.32. The maximum absolute atomic E-state index is 13.2. The summed E-state index contributed by atoms with van der Waals surface area (Å²) < 4.78 is 1.88. The van der Waals surface area contributed by atoms with Crippen molar-refractivity contribution in [3.05, 3.63) is 41.1 Å². The first kappa shape index (κ1) is 20.0. The van der Waals surface area contributed by atoms with Gasteiger partial charge in [0, 0.05) is 36.5 Å². The molecule has 1 unspecified atom stereocenters. The second kappa shape index (κ2) is 7.52. The van der Waals surface area contributed by atoms with Crippen LogP contribution in [0.2, 0.25) is 0 Å². The van der Waals surface area contributed by atoms with Crippen LogP contribution < -0.4 is 10.2 Å². The third-order valence-electron chi connectivity index (χ3n) is 5.83. The minimum absolute atomic E-state index is 0.0510. The third kappa shape index (κ3) is 3.56. The fourth-order valence-corrected chi connectivity index (χ4v) is 4.79. The molecule has 0 spiro atoms. The molecule has 4 rings (SSSR count). The normalized spacial score (nSPS) is 20.2. The van der Waals surface area contributed by atoms with Crippen molar-refractivity contribution < 1.29 is 4.79 Å². The van der Waals surface area contributed by atoms with Crippen molar-refractivity contribution in [3.8, 4) is 0 Å². The molecule has 2 heterocycles. The van der Waals surface area contributed by atoms with Gasteiger partial charge in [0.05, 0.1) is 0 Å². The summed E-state index contributed by atoms with van der Waals surface area (Å²) in [4.78, 5) is 20.2. The summed E-state index contributed by atoms with van der Waals surface area (Å²) in [5.41, 5.74) is 4.05. The van der Waals surface area contributed by atoms with E-state index in [-0.39, 0.29) is 17.2 Å². The lowest BCUT2D eigenvalue weighted by Crippen LogP contribution is -2.36. The largest absolute Gasteiger partial charge is 0.372 e. The van der Waals surface area contributed by atoms with Gasteiger partial charge < -0.3 is 10.2 Å². The lowest BCUT2D eigenvalue weighted by atomic mass is 9.73. The van der Waals surface area contributed by atoms with Gasteiger partial charge in [-0.1, -0.05) is 37.7 Å². The Labute approximate surface area is 176 Å². The average molecular weight is 412 g/mol. The number of nitrogens with zero attached hydrogens (tertiary/aromatic N) is 4. The molecular weight excluding hydrogens is 382 g/mol. The second-order valence-corrected chi connectivity index (χ2v) is 9.26. The number of anilines is 2. The van der Waals surface area contributed by atoms with Crippen molar-refractivity contribution in [2.24, 2.45) is 5.41 Å². The fourth-order valence-electron chi connectivity index (χ4n) is 4.44. The Bertz CT molecular complexity index is 956. The lowest BCUT2D eigenvalue weighted by Gasteiger charge is -2.38. The maximum Gasteiger partial charge on any atom is 0.227 e. The van der Waals surface area contributed by atoms with Crippen LogP contribution in [0.5, 0.6) is 0 Å². The summed E-state index contributed by atoms with van der Waals surface area (Å²) in [6.07, 6.45) is 3.36. The molecule has 1 aliphatic heterocycles. The number of rotatable bonds is 5. The van der Waals surface area contributed by atoms with Gasteiger partial charge in [-0.2, -0.15) is 4.98 Å². The molecule has 154 valence electrons. The summed E-state index contributed by atoms with van der Waals surface area (Å²) in [7, 11) is 0. The number of thioether (sulfide) groups is 1. The van der Waals surface area contributed by atoms with Gasteiger partial charge in [0.1, 0.15) is 6.04 Å². The zero-order valence-corrected chi connectivity index (χ0v) is 18.6. The number of hydrogen-bond acceptors (Lipinski definition) is 6. The van der Waals surface area contributed by atoms with Crippen LogP contribution in [0.1, 0.15) is 52.1 Å². The van der Waals surface area contributed by atoms with Crippen LogP contribution in [0, 0.1) is 5.41 Å². The number of nitrogens with one attached hydrogen (secondary N) is 1. The number of hydrogen-bond donors (Lipinski definition) is 1. The highest BCUT2D eigenvalue weighted by atomic mass is 32.2. The van der Waals surface area contributed by atoms with E-state index in [1.54, 1.807) is 0 Å². The number of benzene rings is 1. The Morgan fingerprint density at radius 3 is 2.52 bits per heavy atom. The summed E-state index contributed by atoms with van der Waals surface area (Å²) in [6.45, 7) is 10.6. The molecule has 2 aliphatic rings. The highest BCUT2D eigenvalue weighted by molar-refractivity contribution is 7.98. The van der Waals surface area contributed by atoms with E-state index in [4.69, 9.17) is 0 Å². The Balaban J connectivity index is 1.81. The molecule has 7 heteroatoms. The zero-order chi connectivity index (χ0) is 20.8. The van der Waals surface area contributed by atoms with Crippen molar-refractivity contribution in [1.29, 1.82) is 0 Å². The van der Waals surface area contributed by atoms with E-state index in [1.165, 1.54) is 17.4 Å². The number of ketones is 1. The van der Waals surface area contributed by atoms with Crippen molar-refractivity contribution >= 4 is 29.2 Å². The standard InChI is InChI=1S/C22H29N5OS/c1-6-26(7-2)15-10-8-14(9-11-15)19-18-16(12-22(3,4)13-17(18)28)23-20-24-21(29-5)25-27(19)20/h8-11,19H,6-7,12-13H2,1-5H3,(H,23,24,25). The van der Waals surface area contributed by atoms with Gasteiger partial charge in [-0.3, -0.25) is 4.79 Å². The third-order valence-corrected chi connectivity index (χ3v) is 6.37. The Hall–Kier alpha value is -2.28. The summed E-state index contributed by atoms with van der Waals surface area (Å²) in [5, 5.41) is 8.81. The number of Topliss-reactive ketones (excluding diaryl/α,β-unsaturated/α-hetero) is 1. The van der Waals surface area contributed by atoms with Crippen LogP contribution in [0.4, 0.5) is 11.6 Å². The van der Waals surface area contributed by atoms with Crippen molar-refractivity contribution in [1.82, 2.24) is 14.8 Å². The van der Waals surface area contributed by atoms with Crippen LogP contribution in [-0.4, -0.2) is 39.9 Å². The molecule has 1 aromatic heterocycles. The second-order valence-electron chi connectivity index (χ2n) is 8.49. The summed E-state index contributed by atoms with van der Waals surface area (Å²) in [5.74, 6) is 0.921. The molecular formula is C22H29N5OS. The number of carbonyl (C=O) groups is 1. The minimum Gasteiger partial charge on any atom is -0.372 e. The van der Waals surface area contributed by atoms with E-state index in [2.05, 4.69) is 72.3 Å². The molecule has 0 radical (unpaired) electrons. The first-order chi connectivity index (χ1) is 13.9. The average Bonchev–Trinajstić information content (AvgIpc) is 3.10. The fraction of sp³-hybridized carbons (Fsp3) is 0.500. The van der Waals surface area contributed by atoms with E-state index in [1.807, 2.05) is 10.9 Å². The molecule has 1 aromatic carbocycles. The van der Waals surface area contributed by atoms with Crippen LogP contribution in [-0.2, 0) is 4.79 Å². The molecule has 6 nitrogen and oxygen atoms in total. The van der Waals surface area contributed by atoms with Crippen LogP contribution in [0.3, 0.4) is 0 Å². The topological polar surface area (TPSA) is 63.1 Å². The van der Waals surface area contributed by atoms with E-state index in [0.717, 1.165) is 42.3 Å². The highest BCUT2D eigenvalue weighted by Crippen LogP contribution is 2.45. The van der Waals surface area contributed by atoms with E-state index in [9.17, 15) is 4.79 Å². The van der Waals surface area contributed by atoms with Crippen LogP contribution in [0.15, 0.2) is 40.7 Å². The van der Waals surface area contributed by atoms with Gasteiger partial charge in [0.25, 0.3) is 0 Å². The van der Waals surface area contributed by atoms with Gasteiger partial charge >= 0.3 is 0 Å². The summed E-state index contributed by atoms with van der Waals surface area (Å²) >= 11 is 1.51. The molecule has 0 amide bonds. The van der Waals surface area contributed by atoms with Gasteiger partial charge in [0.15, 0.2) is 5.78 Å². The SMILES string of the molecule is CCN(CC)c1ccc(C2C3=C(CC(C)(C)CC3=O)Nc3nc(SC)nn32)cc1. The first-order valence-electron chi connectivity index (χ1n) is 10.3. The van der Waals surface area contributed by atoms with E-state index < -0.39 is 0 Å². The molecule has 0 fully saturated rings. The predicted octanol–water partition coefficient (Wildman–Crippen LogP) is 4.50. The van der Waals surface area contributed by atoms with Gasteiger partial charge in [-0.05, 0) is 49.6 Å². The smallest absolute Gasteiger partial charge is 0.227 e. The van der Waals surface area contributed by atoms with Gasteiger partial charge in [-0.25, -0.2) is 4.68 Å². The zero-order valence-electron chi connectivity index (χ0n) is 17.8. The Morgan fingerprint density at radius 2 is 1.90 bits per heavy atom. The Morgan fingerprint density at radius 1 is 1.21 bits per heavy atom. The van der Waals surface area contributed by atoms with Crippen molar-refractivity contribution in [2.45, 2.75) is 51.7 Å². The van der Waals surface area contributed by atoms with E-state index >= 15 is 0 Å². The molecule has 0 saturated carbocycles. The Kier molecular flexibility index (Phi) is 5.19. The molecule has 1 aliphatic carbocycles. The molecule has 0 saturated heterocycles. The van der Waals surface area contributed by atoms with Crippen molar-refractivity contribution in [3.63, 3.8) is 0 Å². The molecule has 0 bridgehead atoms. The maximum atomic E-state index is 13.2. The molecule has 29 heavy (non-hydrogen) atoms. The van der Waals surface area contributed by atoms with E-state index in [0.29, 0.717) is 11.6 Å². The van der Waals surface area contributed by atoms with Gasteiger partial charge in [-0.15, -0.1) is 5.10 Å². The monoisotopic (exact) mass is 411 g/mol. The van der Waals surface area contributed by atoms with Crippen molar-refractivity contribution in [2.75, 3.05) is 29.6 Å². The number of aromatic nitrogens is 3. The molecule has 2 aromatic rings. The molecule has 1 atom stereocenters. The minimum atomic E-state index is -0.232. The predicted molar refractivity (Wildman–Crippen MR) is 119 cm³/mol. The molecule has 1 N–H and O–H groups in total. The first-order valence-corrected chi connectivity index (χ1v) is 11.5. The van der Waals surface area contributed by atoms with Crippen LogP contribution >= 0.6 is 11.8 Å². The quantitative estimate of drug-likeness (QED) is 0.731. The van der Waals surface area contributed by atoms with Crippen LogP contribution in [0.25, 0.3) is 0 Å².